The number of aryl methyl sites for hydroxylation is 2. The van der Waals surface area contributed by atoms with E-state index in [1.54, 1.807) is 0 Å². The van der Waals surface area contributed by atoms with E-state index in [1.807, 2.05) is 25.1 Å². The van der Waals surface area contributed by atoms with Gasteiger partial charge >= 0.3 is 0 Å². The molecule has 2 N–H and O–H groups in total. The Labute approximate surface area is 126 Å². The van der Waals surface area contributed by atoms with E-state index >= 15 is 0 Å². The van der Waals surface area contributed by atoms with Crippen molar-refractivity contribution in [2.24, 2.45) is 11.8 Å². The third kappa shape index (κ3) is 3.11. The van der Waals surface area contributed by atoms with E-state index in [-0.39, 0.29) is 12.0 Å². The highest BCUT2D eigenvalue weighted by atomic mass is 16.3. The molecule has 4 nitrogen and oxygen atoms in total. The smallest absolute Gasteiger partial charge is 0.238 e. The van der Waals surface area contributed by atoms with Gasteiger partial charge in [-0.25, -0.2) is 0 Å². The van der Waals surface area contributed by atoms with Crippen LogP contribution >= 0.6 is 0 Å². The molecule has 1 heterocycles. The molecule has 0 bridgehead atoms. The van der Waals surface area contributed by atoms with E-state index in [0.29, 0.717) is 18.4 Å². The zero-order valence-electron chi connectivity index (χ0n) is 12.8. The van der Waals surface area contributed by atoms with Crippen LogP contribution in [0.4, 0.5) is 5.69 Å². The average molecular weight is 288 g/mol. The normalized spacial score (nSPS) is 28.6. The van der Waals surface area contributed by atoms with Crippen molar-refractivity contribution < 1.29 is 9.90 Å². The lowest BCUT2D eigenvalue weighted by Gasteiger charge is -2.17. The van der Waals surface area contributed by atoms with Gasteiger partial charge in [-0.2, -0.15) is 0 Å². The maximum Gasteiger partial charge on any atom is 0.238 e. The molecular weight excluding hydrogens is 264 g/mol. The number of anilines is 1. The maximum atomic E-state index is 12.2. The molecule has 0 radical (unpaired) electrons. The van der Waals surface area contributed by atoms with E-state index in [0.717, 1.165) is 31.6 Å². The van der Waals surface area contributed by atoms with Crippen LogP contribution in [0.25, 0.3) is 0 Å². The van der Waals surface area contributed by atoms with Crippen molar-refractivity contribution in [1.82, 2.24) is 4.90 Å². The molecule has 1 saturated carbocycles. The predicted octanol–water partition coefficient (Wildman–Crippen LogP) is 1.94. The number of nitrogens with one attached hydrogen (secondary N) is 1. The summed E-state index contributed by atoms with van der Waals surface area (Å²) in [6.07, 6.45) is 1.86. The van der Waals surface area contributed by atoms with E-state index in [4.69, 9.17) is 0 Å². The Morgan fingerprint density at radius 3 is 2.81 bits per heavy atom. The molecule has 21 heavy (non-hydrogen) atoms. The molecule has 114 valence electrons. The number of hydrogen-bond donors (Lipinski definition) is 2. The number of hydrogen-bond acceptors (Lipinski definition) is 3. The Bertz CT molecular complexity index is 544. The number of likely N-dealkylation sites (tertiary alicyclic amines) is 1. The van der Waals surface area contributed by atoms with Crippen LogP contribution < -0.4 is 5.32 Å². The molecule has 3 rings (SSSR count). The number of carbonyl (C=O) groups is 1. The Balaban J connectivity index is 1.54. The summed E-state index contributed by atoms with van der Waals surface area (Å²) in [5.74, 6) is 0.988. The first-order chi connectivity index (χ1) is 10.0. The molecule has 0 spiro atoms. The zero-order valence-corrected chi connectivity index (χ0v) is 12.8. The molecule has 1 amide bonds. The molecule has 4 heteroatoms. The lowest BCUT2D eigenvalue weighted by molar-refractivity contribution is -0.117. The fraction of sp³-hybridized carbons (Fsp3) is 0.588. The molecule has 3 atom stereocenters. The van der Waals surface area contributed by atoms with Gasteiger partial charge in [-0.3, -0.25) is 9.69 Å². The topological polar surface area (TPSA) is 52.6 Å². The van der Waals surface area contributed by atoms with E-state index in [1.165, 1.54) is 11.1 Å². The summed E-state index contributed by atoms with van der Waals surface area (Å²) in [5.41, 5.74) is 3.28. The molecule has 1 aliphatic heterocycles. The Morgan fingerprint density at radius 2 is 2.10 bits per heavy atom. The summed E-state index contributed by atoms with van der Waals surface area (Å²) in [6.45, 7) is 6.34. The number of aliphatic hydroxyl groups excluding tert-OH is 1. The van der Waals surface area contributed by atoms with Crippen LogP contribution in [-0.4, -0.2) is 41.7 Å². The monoisotopic (exact) mass is 288 g/mol. The second-order valence-corrected chi connectivity index (χ2v) is 6.61. The molecule has 2 aliphatic rings. The third-order valence-corrected chi connectivity index (χ3v) is 5.05. The van der Waals surface area contributed by atoms with Crippen LogP contribution in [0.2, 0.25) is 0 Å². The summed E-state index contributed by atoms with van der Waals surface area (Å²) < 4.78 is 0. The predicted molar refractivity (Wildman–Crippen MR) is 83.2 cm³/mol. The second kappa shape index (κ2) is 5.78. The molecule has 2 fully saturated rings. The summed E-state index contributed by atoms with van der Waals surface area (Å²) in [5, 5.41) is 12.9. The van der Waals surface area contributed by atoms with Crippen molar-refractivity contribution in [1.29, 1.82) is 0 Å². The van der Waals surface area contributed by atoms with Crippen molar-refractivity contribution in [2.45, 2.75) is 32.8 Å². The number of aliphatic hydroxyl groups is 1. The Kier molecular flexibility index (Phi) is 4.00. The van der Waals surface area contributed by atoms with Gasteiger partial charge in [-0.05, 0) is 55.9 Å². The largest absolute Gasteiger partial charge is 0.393 e. The lowest BCUT2D eigenvalue weighted by Crippen LogP contribution is -2.33. The SMILES string of the molecule is Cc1ccc(NC(=O)CN2CC3CCC(O)C3C2)cc1C. The summed E-state index contributed by atoms with van der Waals surface area (Å²) >= 11 is 0. The highest BCUT2D eigenvalue weighted by molar-refractivity contribution is 5.92. The minimum atomic E-state index is -0.164. The van der Waals surface area contributed by atoms with Crippen molar-refractivity contribution in [3.63, 3.8) is 0 Å². The average Bonchev–Trinajstić information content (AvgIpc) is 2.96. The van der Waals surface area contributed by atoms with E-state index in [2.05, 4.69) is 17.1 Å². The first-order valence-electron chi connectivity index (χ1n) is 7.80. The first-order valence-corrected chi connectivity index (χ1v) is 7.80. The fourth-order valence-electron chi connectivity index (χ4n) is 3.68. The van der Waals surface area contributed by atoms with Crippen molar-refractivity contribution in [3.05, 3.63) is 29.3 Å². The highest BCUT2D eigenvalue weighted by Crippen LogP contribution is 2.37. The fourth-order valence-corrected chi connectivity index (χ4v) is 3.68. The van der Waals surface area contributed by atoms with Gasteiger partial charge < -0.3 is 10.4 Å². The summed E-state index contributed by atoms with van der Waals surface area (Å²) in [7, 11) is 0. The highest BCUT2D eigenvalue weighted by Gasteiger charge is 2.41. The van der Waals surface area contributed by atoms with Crippen molar-refractivity contribution >= 4 is 11.6 Å². The number of fused-ring (bicyclic) bond motifs is 1. The molecule has 1 aliphatic carbocycles. The Morgan fingerprint density at radius 1 is 1.29 bits per heavy atom. The molecule has 1 saturated heterocycles. The van der Waals surface area contributed by atoms with Crippen molar-refractivity contribution in [2.75, 3.05) is 25.0 Å². The zero-order chi connectivity index (χ0) is 15.0. The van der Waals surface area contributed by atoms with Crippen LogP contribution in [-0.2, 0) is 4.79 Å². The van der Waals surface area contributed by atoms with Gasteiger partial charge in [0.2, 0.25) is 5.91 Å². The third-order valence-electron chi connectivity index (χ3n) is 5.05. The minimum Gasteiger partial charge on any atom is -0.393 e. The van der Waals surface area contributed by atoms with Gasteiger partial charge in [0.05, 0.1) is 12.6 Å². The van der Waals surface area contributed by atoms with Crippen LogP contribution in [0.1, 0.15) is 24.0 Å². The number of rotatable bonds is 3. The number of nitrogens with zero attached hydrogens (tertiary/aromatic N) is 1. The van der Waals surface area contributed by atoms with Crippen LogP contribution in [0, 0.1) is 25.7 Å². The van der Waals surface area contributed by atoms with Gasteiger partial charge in [-0.1, -0.05) is 6.07 Å². The van der Waals surface area contributed by atoms with Crippen molar-refractivity contribution in [3.8, 4) is 0 Å². The maximum absolute atomic E-state index is 12.2. The molecular formula is C17H24N2O2. The summed E-state index contributed by atoms with van der Waals surface area (Å²) in [4.78, 5) is 14.3. The van der Waals surface area contributed by atoms with Gasteiger partial charge in [0.1, 0.15) is 0 Å². The quantitative estimate of drug-likeness (QED) is 0.894. The van der Waals surface area contributed by atoms with E-state index in [9.17, 15) is 9.90 Å². The Hall–Kier alpha value is -1.39. The molecule has 0 aromatic heterocycles. The number of benzene rings is 1. The number of carbonyl (C=O) groups excluding carboxylic acids is 1. The van der Waals surface area contributed by atoms with Crippen LogP contribution in [0.3, 0.4) is 0 Å². The van der Waals surface area contributed by atoms with Gasteiger partial charge in [0, 0.05) is 24.7 Å². The van der Waals surface area contributed by atoms with Crippen LogP contribution in [0.5, 0.6) is 0 Å². The summed E-state index contributed by atoms with van der Waals surface area (Å²) in [6, 6.07) is 5.99. The standard InChI is InChI=1S/C17H24N2O2/c1-11-3-5-14(7-12(11)2)18-17(21)10-19-8-13-4-6-16(20)15(13)9-19/h3,5,7,13,15-16,20H,4,6,8-10H2,1-2H3,(H,18,21). The minimum absolute atomic E-state index is 0.0349. The van der Waals surface area contributed by atoms with E-state index < -0.39 is 0 Å². The molecule has 1 aromatic rings. The van der Waals surface area contributed by atoms with Gasteiger partial charge in [0.15, 0.2) is 0 Å². The van der Waals surface area contributed by atoms with Gasteiger partial charge in [0.25, 0.3) is 0 Å². The molecule has 3 unspecified atom stereocenters. The van der Waals surface area contributed by atoms with Crippen LogP contribution in [0.15, 0.2) is 18.2 Å². The van der Waals surface area contributed by atoms with Gasteiger partial charge in [-0.15, -0.1) is 0 Å². The lowest BCUT2D eigenvalue weighted by atomic mass is 10.00. The molecule has 1 aromatic carbocycles. The first kappa shape index (κ1) is 14.5. The second-order valence-electron chi connectivity index (χ2n) is 6.61. The number of amides is 1.